The first-order chi connectivity index (χ1) is 9.62. The molecule has 0 spiro atoms. The lowest BCUT2D eigenvalue weighted by atomic mass is 9.78. The molecule has 0 radical (unpaired) electrons. The number of hydrogen-bond donors (Lipinski definition) is 1. The topological polar surface area (TPSA) is 47.6 Å². The van der Waals surface area contributed by atoms with Crippen molar-refractivity contribution in [3.8, 4) is 0 Å². The normalized spacial score (nSPS) is 21.1. The summed E-state index contributed by atoms with van der Waals surface area (Å²) >= 11 is 0. The number of carbonyl (C=O) groups is 1. The molecule has 0 saturated carbocycles. The summed E-state index contributed by atoms with van der Waals surface area (Å²) in [6, 6.07) is 7.95. The third-order valence-electron chi connectivity index (χ3n) is 4.36. The van der Waals surface area contributed by atoms with Crippen molar-refractivity contribution in [2.45, 2.75) is 58.8 Å². The van der Waals surface area contributed by atoms with Gasteiger partial charge in [-0.2, -0.15) is 0 Å². The van der Waals surface area contributed by atoms with E-state index in [0.29, 0.717) is 0 Å². The molecule has 1 aliphatic heterocycles. The van der Waals surface area contributed by atoms with Crippen LogP contribution in [0, 0.1) is 0 Å². The average molecular weight is 289 g/mol. The lowest BCUT2D eigenvalue weighted by Crippen LogP contribution is -2.41. The van der Waals surface area contributed by atoms with E-state index in [4.69, 9.17) is 9.31 Å². The molecular weight excluding hydrogens is 265 g/mol. The van der Waals surface area contributed by atoms with Crippen molar-refractivity contribution in [1.29, 1.82) is 0 Å². The standard InChI is InChI=1S/C16H24BNO3/c1-11(18-12(2)19)13-8-7-9-14(10-13)17-20-15(3,4)16(5,6)21-17/h7-11H,1-6H3,(H,18,19). The summed E-state index contributed by atoms with van der Waals surface area (Å²) in [5.41, 5.74) is 1.31. The van der Waals surface area contributed by atoms with Crippen LogP contribution in [0.4, 0.5) is 0 Å². The maximum Gasteiger partial charge on any atom is 0.494 e. The van der Waals surface area contributed by atoms with Crippen molar-refractivity contribution in [1.82, 2.24) is 5.32 Å². The minimum absolute atomic E-state index is 0.0372. The maximum absolute atomic E-state index is 11.2. The van der Waals surface area contributed by atoms with E-state index in [1.807, 2.05) is 58.9 Å². The Bertz CT molecular complexity index is 526. The Kier molecular flexibility index (Phi) is 4.18. The van der Waals surface area contributed by atoms with Crippen LogP contribution in [0.5, 0.6) is 0 Å². The molecular formula is C16H24BNO3. The molecule has 0 bridgehead atoms. The smallest absolute Gasteiger partial charge is 0.399 e. The molecule has 1 unspecified atom stereocenters. The summed E-state index contributed by atoms with van der Waals surface area (Å²) in [6.07, 6.45) is 0. The highest BCUT2D eigenvalue weighted by Crippen LogP contribution is 2.36. The summed E-state index contributed by atoms with van der Waals surface area (Å²) in [5.74, 6) is -0.0384. The zero-order chi connectivity index (χ0) is 15.8. The predicted octanol–water partition coefficient (Wildman–Crippen LogP) is 2.18. The van der Waals surface area contributed by atoms with Crippen molar-refractivity contribution in [3.05, 3.63) is 29.8 Å². The molecule has 1 heterocycles. The van der Waals surface area contributed by atoms with Gasteiger partial charge in [0, 0.05) is 6.92 Å². The zero-order valence-electron chi connectivity index (χ0n) is 13.7. The third-order valence-corrected chi connectivity index (χ3v) is 4.36. The van der Waals surface area contributed by atoms with Crippen LogP contribution >= 0.6 is 0 Å². The molecule has 0 aliphatic carbocycles. The highest BCUT2D eigenvalue weighted by Gasteiger charge is 2.51. The minimum atomic E-state index is -0.375. The number of rotatable bonds is 3. The SMILES string of the molecule is CC(=O)NC(C)c1cccc(B2OC(C)(C)C(C)(C)O2)c1. The molecule has 1 atom stereocenters. The molecule has 1 aromatic carbocycles. The van der Waals surface area contributed by atoms with Crippen molar-refractivity contribution < 1.29 is 14.1 Å². The molecule has 1 fully saturated rings. The monoisotopic (exact) mass is 289 g/mol. The zero-order valence-corrected chi connectivity index (χ0v) is 13.7. The van der Waals surface area contributed by atoms with E-state index < -0.39 is 0 Å². The van der Waals surface area contributed by atoms with E-state index in [1.54, 1.807) is 0 Å². The van der Waals surface area contributed by atoms with Gasteiger partial charge in [0.15, 0.2) is 0 Å². The van der Waals surface area contributed by atoms with Crippen molar-refractivity contribution in [2.75, 3.05) is 0 Å². The second-order valence-electron chi connectivity index (χ2n) is 6.68. The molecule has 4 nitrogen and oxygen atoms in total. The second kappa shape index (κ2) is 5.46. The fourth-order valence-electron chi connectivity index (χ4n) is 2.34. The summed E-state index contributed by atoms with van der Waals surface area (Å²) in [4.78, 5) is 11.2. The Morgan fingerprint density at radius 3 is 2.29 bits per heavy atom. The van der Waals surface area contributed by atoms with Gasteiger partial charge in [-0.25, -0.2) is 0 Å². The van der Waals surface area contributed by atoms with Gasteiger partial charge in [0.2, 0.25) is 5.91 Å². The number of benzene rings is 1. The van der Waals surface area contributed by atoms with Gasteiger partial charge in [-0.1, -0.05) is 24.3 Å². The van der Waals surface area contributed by atoms with Crippen LogP contribution in [0.3, 0.4) is 0 Å². The van der Waals surface area contributed by atoms with E-state index >= 15 is 0 Å². The van der Waals surface area contributed by atoms with E-state index in [0.717, 1.165) is 11.0 Å². The molecule has 0 aromatic heterocycles. The largest absolute Gasteiger partial charge is 0.494 e. The number of hydrogen-bond acceptors (Lipinski definition) is 3. The predicted molar refractivity (Wildman–Crippen MR) is 84.4 cm³/mol. The second-order valence-corrected chi connectivity index (χ2v) is 6.68. The van der Waals surface area contributed by atoms with Crippen LogP contribution in [-0.4, -0.2) is 24.2 Å². The molecule has 114 valence electrons. The minimum Gasteiger partial charge on any atom is -0.399 e. The Morgan fingerprint density at radius 2 is 1.76 bits per heavy atom. The van der Waals surface area contributed by atoms with Crippen molar-refractivity contribution >= 4 is 18.5 Å². The van der Waals surface area contributed by atoms with Crippen molar-refractivity contribution in [3.63, 3.8) is 0 Å². The number of nitrogens with one attached hydrogen (secondary N) is 1. The molecule has 21 heavy (non-hydrogen) atoms. The summed E-state index contributed by atoms with van der Waals surface area (Å²) in [6.45, 7) is 11.6. The summed E-state index contributed by atoms with van der Waals surface area (Å²) in [5, 5.41) is 2.89. The fraction of sp³-hybridized carbons (Fsp3) is 0.562. The highest BCUT2D eigenvalue weighted by atomic mass is 16.7. The van der Waals surface area contributed by atoms with Gasteiger partial charge in [-0.05, 0) is 45.6 Å². The quantitative estimate of drug-likeness (QED) is 0.868. The molecule has 1 saturated heterocycles. The van der Waals surface area contributed by atoms with Crippen LogP contribution in [0.2, 0.25) is 0 Å². The summed E-state index contributed by atoms with van der Waals surface area (Å²) in [7, 11) is -0.375. The van der Waals surface area contributed by atoms with E-state index in [2.05, 4.69) is 5.32 Å². The Hall–Kier alpha value is -1.33. The average Bonchev–Trinajstić information content (AvgIpc) is 2.58. The van der Waals surface area contributed by atoms with E-state index in [1.165, 1.54) is 6.92 Å². The van der Waals surface area contributed by atoms with Gasteiger partial charge < -0.3 is 14.6 Å². The molecule has 5 heteroatoms. The van der Waals surface area contributed by atoms with Crippen LogP contribution < -0.4 is 10.8 Å². The maximum atomic E-state index is 11.2. The number of carbonyl (C=O) groups excluding carboxylic acids is 1. The van der Waals surface area contributed by atoms with Crippen LogP contribution in [0.15, 0.2) is 24.3 Å². The fourth-order valence-corrected chi connectivity index (χ4v) is 2.34. The van der Waals surface area contributed by atoms with Gasteiger partial charge in [0.1, 0.15) is 0 Å². The Balaban J connectivity index is 2.21. The van der Waals surface area contributed by atoms with E-state index in [-0.39, 0.29) is 30.3 Å². The van der Waals surface area contributed by atoms with Gasteiger partial charge >= 0.3 is 7.12 Å². The molecule has 1 N–H and O–H groups in total. The molecule has 1 aromatic rings. The number of amides is 1. The van der Waals surface area contributed by atoms with Gasteiger partial charge in [0.25, 0.3) is 0 Å². The Labute approximate surface area is 127 Å². The molecule has 1 amide bonds. The first-order valence-corrected chi connectivity index (χ1v) is 7.35. The first-order valence-electron chi connectivity index (χ1n) is 7.35. The summed E-state index contributed by atoms with van der Waals surface area (Å²) < 4.78 is 12.1. The van der Waals surface area contributed by atoms with E-state index in [9.17, 15) is 4.79 Å². The van der Waals surface area contributed by atoms with Crippen molar-refractivity contribution in [2.24, 2.45) is 0 Å². The Morgan fingerprint density at radius 1 is 1.19 bits per heavy atom. The third kappa shape index (κ3) is 3.30. The van der Waals surface area contributed by atoms with Crippen LogP contribution in [-0.2, 0) is 14.1 Å². The highest BCUT2D eigenvalue weighted by molar-refractivity contribution is 6.62. The molecule has 2 rings (SSSR count). The first kappa shape index (κ1) is 16.1. The van der Waals surface area contributed by atoms with Gasteiger partial charge in [0.05, 0.1) is 17.2 Å². The van der Waals surface area contributed by atoms with Crippen LogP contribution in [0.1, 0.15) is 53.1 Å². The van der Waals surface area contributed by atoms with Gasteiger partial charge in [-0.15, -0.1) is 0 Å². The van der Waals surface area contributed by atoms with Gasteiger partial charge in [-0.3, -0.25) is 4.79 Å². The molecule has 1 aliphatic rings. The lowest BCUT2D eigenvalue weighted by Gasteiger charge is -2.32. The van der Waals surface area contributed by atoms with Crippen LogP contribution in [0.25, 0.3) is 0 Å². The lowest BCUT2D eigenvalue weighted by molar-refractivity contribution is -0.119.